The Morgan fingerprint density at radius 2 is 1.96 bits per heavy atom. The van der Waals surface area contributed by atoms with Gasteiger partial charge in [-0.3, -0.25) is 0 Å². The number of aromatic nitrogens is 1. The van der Waals surface area contributed by atoms with Gasteiger partial charge in [0, 0.05) is 17.2 Å². The van der Waals surface area contributed by atoms with Crippen molar-refractivity contribution in [2.75, 3.05) is 0 Å². The van der Waals surface area contributed by atoms with Gasteiger partial charge >= 0.3 is 0 Å². The van der Waals surface area contributed by atoms with Crippen LogP contribution in [0.5, 0.6) is 0 Å². The molecule has 2 aromatic heterocycles. The molecule has 0 radical (unpaired) electrons. The average Bonchev–Trinajstić information content (AvgIpc) is 3.22. The second-order valence-electron chi connectivity index (χ2n) is 5.87. The summed E-state index contributed by atoms with van der Waals surface area (Å²) in [7, 11) is 0. The van der Waals surface area contributed by atoms with Crippen molar-refractivity contribution in [3.8, 4) is 0 Å². The highest BCUT2D eigenvalue weighted by atomic mass is 35.5. The molecule has 0 aliphatic heterocycles. The fourth-order valence-electron chi connectivity index (χ4n) is 2.55. The topological polar surface area (TPSA) is 69.5 Å². The Hall–Kier alpha value is -2.38. The highest BCUT2D eigenvalue weighted by Crippen LogP contribution is 2.27. The number of furan rings is 1. The van der Waals surface area contributed by atoms with Crippen molar-refractivity contribution in [2.24, 2.45) is 0 Å². The fraction of sp³-hybridized carbons (Fsp3) is 0.100. The summed E-state index contributed by atoms with van der Waals surface area (Å²) in [6.07, 6.45) is 4.98. The number of nitrogens with zero attached hydrogens (tertiary/aromatic N) is 1. The number of pyridine rings is 1. The summed E-state index contributed by atoms with van der Waals surface area (Å²) in [5.74, 6) is 0.612. The molecule has 5 nitrogen and oxygen atoms in total. The Balaban J connectivity index is 2.04. The minimum Gasteiger partial charge on any atom is -0.502 e. The maximum absolute atomic E-state index is 11.0. The summed E-state index contributed by atoms with van der Waals surface area (Å²) < 4.78 is 6.95. The zero-order chi connectivity index (χ0) is 20.1. The second-order valence-corrected chi connectivity index (χ2v) is 7.09. The van der Waals surface area contributed by atoms with Crippen molar-refractivity contribution in [3.63, 3.8) is 0 Å². The van der Waals surface area contributed by atoms with Crippen molar-refractivity contribution in [1.29, 1.82) is 0 Å². The third-order valence-corrected chi connectivity index (χ3v) is 5.02. The molecular formula is C20H17Cl2N2O3S+. The molecule has 3 rings (SSSR count). The smallest absolute Gasteiger partial charge is 0.288 e. The van der Waals surface area contributed by atoms with Crippen molar-refractivity contribution in [3.05, 3.63) is 88.1 Å². The molecule has 3 N–H and O–H groups in total. The third kappa shape index (κ3) is 4.72. The summed E-state index contributed by atoms with van der Waals surface area (Å²) in [5, 5.41) is 24.2. The Labute approximate surface area is 177 Å². The lowest BCUT2D eigenvalue weighted by molar-refractivity contribution is -0.576. The van der Waals surface area contributed by atoms with Crippen LogP contribution in [0.3, 0.4) is 0 Å². The van der Waals surface area contributed by atoms with E-state index in [1.807, 2.05) is 6.07 Å². The summed E-state index contributed by atoms with van der Waals surface area (Å²) in [6, 6.07) is 11.9. The lowest BCUT2D eigenvalue weighted by Gasteiger charge is -2.10. The average molecular weight is 436 g/mol. The van der Waals surface area contributed by atoms with Crippen LogP contribution < -0.4 is 9.88 Å². The molecule has 0 amide bonds. The molecule has 0 aliphatic carbocycles. The van der Waals surface area contributed by atoms with Crippen molar-refractivity contribution in [2.45, 2.75) is 13.2 Å². The maximum atomic E-state index is 11.0. The van der Waals surface area contributed by atoms with Gasteiger partial charge in [0.25, 0.3) is 5.70 Å². The Morgan fingerprint density at radius 1 is 1.14 bits per heavy atom. The molecule has 3 aromatic rings. The van der Waals surface area contributed by atoms with E-state index in [-0.39, 0.29) is 12.4 Å². The van der Waals surface area contributed by atoms with Crippen LogP contribution in [0.25, 0.3) is 11.5 Å². The van der Waals surface area contributed by atoms with Gasteiger partial charge in [-0.15, -0.1) is 0 Å². The summed E-state index contributed by atoms with van der Waals surface area (Å²) in [4.78, 5) is 0.292. The molecule has 0 saturated carbocycles. The number of nitrogens with one attached hydrogen (secondary N) is 1. The minimum atomic E-state index is -0.145. The van der Waals surface area contributed by atoms with Crippen LogP contribution in [-0.4, -0.2) is 15.2 Å². The molecule has 0 atom stereocenters. The molecule has 2 heterocycles. The molecule has 0 saturated heterocycles. The van der Waals surface area contributed by atoms with Crippen molar-refractivity contribution >= 4 is 51.9 Å². The standard InChI is InChI=1S/C20H16Cl2N2O3S/c21-16-6-5-14(9-17(16)22)19(26)18(24-7-1-3-13(11-24)12-25)20(28)23-10-15-4-2-8-27-15/h1-9,11,25H,10,12H2,(H-,23,26,28)/p+1. The van der Waals surface area contributed by atoms with E-state index in [0.29, 0.717) is 44.2 Å². The molecule has 1 aromatic carbocycles. The monoisotopic (exact) mass is 435 g/mol. The maximum Gasteiger partial charge on any atom is 0.288 e. The molecule has 144 valence electrons. The Kier molecular flexibility index (Phi) is 6.70. The number of aliphatic hydroxyl groups is 2. The lowest BCUT2D eigenvalue weighted by atomic mass is 10.1. The summed E-state index contributed by atoms with van der Waals surface area (Å²) in [6.45, 7) is 0.207. The Bertz CT molecular complexity index is 1020. The van der Waals surface area contributed by atoms with Crippen LogP contribution in [0, 0.1) is 0 Å². The largest absolute Gasteiger partial charge is 0.502 e. The van der Waals surface area contributed by atoms with E-state index >= 15 is 0 Å². The van der Waals surface area contributed by atoms with Gasteiger partial charge < -0.3 is 19.9 Å². The van der Waals surface area contributed by atoms with E-state index in [9.17, 15) is 10.2 Å². The van der Waals surface area contributed by atoms with Gasteiger partial charge in [-0.05, 0) is 36.4 Å². The van der Waals surface area contributed by atoms with Gasteiger partial charge in [0.15, 0.2) is 23.1 Å². The molecule has 8 heteroatoms. The van der Waals surface area contributed by atoms with Crippen LogP contribution in [0.1, 0.15) is 16.9 Å². The van der Waals surface area contributed by atoms with E-state index in [0.717, 1.165) is 0 Å². The van der Waals surface area contributed by atoms with E-state index in [1.165, 1.54) is 0 Å². The Morgan fingerprint density at radius 3 is 2.64 bits per heavy atom. The highest BCUT2D eigenvalue weighted by Gasteiger charge is 2.24. The van der Waals surface area contributed by atoms with Gasteiger partial charge in [0.05, 0.1) is 29.5 Å². The van der Waals surface area contributed by atoms with Gasteiger partial charge in [-0.25, -0.2) is 0 Å². The van der Waals surface area contributed by atoms with Crippen LogP contribution in [0.15, 0.2) is 65.5 Å². The fourth-order valence-corrected chi connectivity index (χ4v) is 3.12. The predicted molar refractivity (Wildman–Crippen MR) is 113 cm³/mol. The number of halogens is 2. The molecule has 28 heavy (non-hydrogen) atoms. The van der Waals surface area contributed by atoms with Crippen molar-refractivity contribution in [1.82, 2.24) is 5.32 Å². The normalized spacial score (nSPS) is 11.8. The zero-order valence-electron chi connectivity index (χ0n) is 14.6. The van der Waals surface area contributed by atoms with Crippen LogP contribution in [0.2, 0.25) is 10.0 Å². The highest BCUT2D eigenvalue weighted by molar-refractivity contribution is 7.81. The molecule has 0 unspecified atom stereocenters. The lowest BCUT2D eigenvalue weighted by Crippen LogP contribution is -2.41. The minimum absolute atomic E-state index is 0.0874. The first-order chi connectivity index (χ1) is 13.5. The summed E-state index contributed by atoms with van der Waals surface area (Å²) in [5.41, 5.74) is 1.44. The number of benzene rings is 1. The zero-order valence-corrected chi connectivity index (χ0v) is 16.9. The molecule has 0 spiro atoms. The SMILES string of the molecule is OCc1ccc[n+](/C(C(=S)NCc2ccco2)=C(/O)c2ccc(Cl)c(Cl)c2)c1. The molecule has 0 aliphatic rings. The number of thiocarbonyl (C=S) groups is 1. The number of aliphatic hydroxyl groups excluding tert-OH is 2. The van der Waals surface area contributed by atoms with Crippen LogP contribution in [0.4, 0.5) is 0 Å². The van der Waals surface area contributed by atoms with E-state index < -0.39 is 0 Å². The van der Waals surface area contributed by atoms with E-state index in [4.69, 9.17) is 39.8 Å². The van der Waals surface area contributed by atoms with Gasteiger partial charge in [-0.2, -0.15) is 4.57 Å². The predicted octanol–water partition coefficient (Wildman–Crippen LogP) is 4.37. The first-order valence-electron chi connectivity index (χ1n) is 8.30. The van der Waals surface area contributed by atoms with E-state index in [2.05, 4.69) is 5.32 Å². The first-order valence-corrected chi connectivity index (χ1v) is 9.46. The van der Waals surface area contributed by atoms with Gasteiger partial charge in [-0.1, -0.05) is 35.4 Å². The first kappa shape index (κ1) is 20.4. The molecule has 0 fully saturated rings. The summed E-state index contributed by atoms with van der Waals surface area (Å²) >= 11 is 17.6. The third-order valence-electron chi connectivity index (χ3n) is 3.94. The van der Waals surface area contributed by atoms with Crippen LogP contribution >= 0.6 is 35.4 Å². The van der Waals surface area contributed by atoms with Crippen LogP contribution in [-0.2, 0) is 13.2 Å². The van der Waals surface area contributed by atoms with Gasteiger partial charge in [0.2, 0.25) is 0 Å². The quantitative estimate of drug-likeness (QED) is 0.232. The second kappa shape index (κ2) is 9.21. The number of rotatable bonds is 6. The number of hydrogen-bond donors (Lipinski definition) is 3. The van der Waals surface area contributed by atoms with Crippen molar-refractivity contribution < 1.29 is 19.2 Å². The number of hydrogen-bond acceptors (Lipinski definition) is 4. The van der Waals surface area contributed by atoms with E-state index in [1.54, 1.807) is 59.6 Å². The molecule has 0 bridgehead atoms. The van der Waals surface area contributed by atoms with Gasteiger partial charge in [0.1, 0.15) is 5.76 Å². The molecular weight excluding hydrogens is 419 g/mol.